The second-order valence-corrected chi connectivity index (χ2v) is 5.19. The fourth-order valence-corrected chi connectivity index (χ4v) is 2.22. The maximum atomic E-state index is 11.9. The highest BCUT2D eigenvalue weighted by atomic mass is 35.5. The van der Waals surface area contributed by atoms with E-state index >= 15 is 0 Å². The first-order valence-electron chi connectivity index (χ1n) is 6.95. The molecule has 0 aliphatic rings. The van der Waals surface area contributed by atoms with Gasteiger partial charge in [0.2, 0.25) is 5.91 Å². The van der Waals surface area contributed by atoms with E-state index in [0.29, 0.717) is 22.9 Å². The van der Waals surface area contributed by atoms with Crippen molar-refractivity contribution in [2.45, 2.75) is 6.42 Å². The number of halogens is 1. The smallest absolute Gasteiger partial charge is 0.243 e. The molecule has 0 spiro atoms. The van der Waals surface area contributed by atoms with Gasteiger partial charge in [0, 0.05) is 11.4 Å². The monoisotopic (exact) mass is 329 g/mol. The molecule has 0 aliphatic carbocycles. The van der Waals surface area contributed by atoms with E-state index in [0.717, 1.165) is 11.3 Å². The zero-order valence-corrected chi connectivity index (χ0v) is 13.4. The number of benzene rings is 2. The van der Waals surface area contributed by atoms with Crippen molar-refractivity contribution in [3.63, 3.8) is 0 Å². The van der Waals surface area contributed by atoms with E-state index in [1.54, 1.807) is 37.4 Å². The summed E-state index contributed by atoms with van der Waals surface area (Å²) >= 11 is 6.03. The van der Waals surface area contributed by atoms with Crippen molar-refractivity contribution < 1.29 is 9.53 Å². The minimum atomic E-state index is -0.176. The quantitative estimate of drug-likeness (QED) is 0.851. The van der Waals surface area contributed by atoms with Gasteiger partial charge in [0.15, 0.2) is 0 Å². The Kier molecular flexibility index (Phi) is 5.84. The average Bonchev–Trinajstić information content (AvgIpc) is 2.55. The van der Waals surface area contributed by atoms with Crippen LogP contribution in [-0.2, 0) is 11.2 Å². The van der Waals surface area contributed by atoms with Gasteiger partial charge in [-0.2, -0.15) is 5.26 Å². The first-order valence-corrected chi connectivity index (χ1v) is 7.33. The predicted molar refractivity (Wildman–Crippen MR) is 90.9 cm³/mol. The molecule has 0 aromatic heterocycles. The van der Waals surface area contributed by atoms with Crippen LogP contribution in [0, 0.1) is 11.3 Å². The molecule has 2 aromatic carbocycles. The summed E-state index contributed by atoms with van der Waals surface area (Å²) in [6, 6.07) is 14.5. The molecular formula is C17H16ClN3O2. The second-order valence-electron chi connectivity index (χ2n) is 4.78. The number of nitrogens with one attached hydrogen (secondary N) is 2. The van der Waals surface area contributed by atoms with Crippen LogP contribution in [0.15, 0.2) is 42.5 Å². The van der Waals surface area contributed by atoms with Crippen LogP contribution in [0.25, 0.3) is 0 Å². The lowest BCUT2D eigenvalue weighted by atomic mass is 10.1. The second kappa shape index (κ2) is 8.06. The van der Waals surface area contributed by atoms with Crippen LogP contribution in [0.5, 0.6) is 5.75 Å². The summed E-state index contributed by atoms with van der Waals surface area (Å²) in [5.74, 6) is 0.407. The molecule has 0 atom stereocenters. The molecule has 0 saturated heterocycles. The summed E-state index contributed by atoms with van der Waals surface area (Å²) in [6.45, 7) is 0.114. The molecule has 2 rings (SSSR count). The number of hydrogen-bond donors (Lipinski definition) is 2. The van der Waals surface area contributed by atoms with Gasteiger partial charge in [0.05, 0.1) is 31.2 Å². The molecule has 2 N–H and O–H groups in total. The van der Waals surface area contributed by atoms with E-state index in [1.807, 2.05) is 12.1 Å². The zero-order chi connectivity index (χ0) is 16.7. The number of amides is 1. The van der Waals surface area contributed by atoms with Gasteiger partial charge < -0.3 is 15.4 Å². The van der Waals surface area contributed by atoms with Gasteiger partial charge in [0.25, 0.3) is 0 Å². The van der Waals surface area contributed by atoms with Gasteiger partial charge in [-0.15, -0.1) is 0 Å². The SMILES string of the molecule is COc1ccc(NCC(=O)Nc2ccc(CC#N)cc2)cc1Cl. The number of ether oxygens (including phenoxy) is 1. The van der Waals surface area contributed by atoms with Crippen LogP contribution in [0.2, 0.25) is 5.02 Å². The molecular weight excluding hydrogens is 314 g/mol. The van der Waals surface area contributed by atoms with Crippen molar-refractivity contribution in [2.75, 3.05) is 24.3 Å². The molecule has 5 nitrogen and oxygen atoms in total. The van der Waals surface area contributed by atoms with Crippen molar-refractivity contribution in [1.82, 2.24) is 0 Å². The minimum Gasteiger partial charge on any atom is -0.495 e. The first-order chi connectivity index (χ1) is 11.1. The van der Waals surface area contributed by atoms with Gasteiger partial charge in [-0.05, 0) is 35.9 Å². The van der Waals surface area contributed by atoms with Crippen LogP contribution in [-0.4, -0.2) is 19.6 Å². The van der Waals surface area contributed by atoms with Crippen LogP contribution < -0.4 is 15.4 Å². The van der Waals surface area contributed by atoms with Crippen molar-refractivity contribution in [3.8, 4) is 11.8 Å². The summed E-state index contributed by atoms with van der Waals surface area (Å²) < 4.78 is 5.07. The number of carbonyl (C=O) groups excluding carboxylic acids is 1. The highest BCUT2D eigenvalue weighted by Crippen LogP contribution is 2.27. The van der Waals surface area contributed by atoms with Gasteiger partial charge in [0.1, 0.15) is 5.75 Å². The van der Waals surface area contributed by atoms with E-state index < -0.39 is 0 Å². The summed E-state index contributed by atoms with van der Waals surface area (Å²) in [6.07, 6.45) is 0.355. The minimum absolute atomic E-state index is 0.114. The molecule has 0 fully saturated rings. The Labute approximate surface area is 139 Å². The Bertz CT molecular complexity index is 724. The lowest BCUT2D eigenvalue weighted by molar-refractivity contribution is -0.114. The van der Waals surface area contributed by atoms with Crippen molar-refractivity contribution in [1.29, 1.82) is 5.26 Å². The Morgan fingerprint density at radius 1 is 1.22 bits per heavy atom. The molecule has 0 heterocycles. The van der Waals surface area contributed by atoms with E-state index in [1.165, 1.54) is 0 Å². The van der Waals surface area contributed by atoms with Crippen molar-refractivity contribution >= 4 is 28.9 Å². The molecule has 0 aliphatic heterocycles. The van der Waals surface area contributed by atoms with Gasteiger partial charge >= 0.3 is 0 Å². The summed E-state index contributed by atoms with van der Waals surface area (Å²) in [7, 11) is 1.55. The third-order valence-electron chi connectivity index (χ3n) is 3.13. The Morgan fingerprint density at radius 2 is 1.91 bits per heavy atom. The largest absolute Gasteiger partial charge is 0.495 e. The number of nitrogens with zero attached hydrogens (tertiary/aromatic N) is 1. The van der Waals surface area contributed by atoms with E-state index in [4.69, 9.17) is 21.6 Å². The highest BCUT2D eigenvalue weighted by molar-refractivity contribution is 6.32. The maximum absolute atomic E-state index is 11.9. The number of nitriles is 1. The summed E-state index contributed by atoms with van der Waals surface area (Å²) in [5, 5.41) is 14.9. The maximum Gasteiger partial charge on any atom is 0.243 e. The van der Waals surface area contributed by atoms with Gasteiger partial charge in [-0.1, -0.05) is 23.7 Å². The molecule has 23 heavy (non-hydrogen) atoms. The average molecular weight is 330 g/mol. The lowest BCUT2D eigenvalue weighted by Gasteiger charge is -2.10. The van der Waals surface area contributed by atoms with Crippen molar-refractivity contribution in [2.24, 2.45) is 0 Å². The molecule has 0 radical (unpaired) electrons. The molecule has 0 unspecified atom stereocenters. The number of carbonyl (C=O) groups is 1. The number of rotatable bonds is 6. The molecule has 2 aromatic rings. The first kappa shape index (κ1) is 16.7. The fourth-order valence-electron chi connectivity index (χ4n) is 1.96. The summed E-state index contributed by atoms with van der Waals surface area (Å²) in [5.41, 5.74) is 2.33. The molecule has 0 bridgehead atoms. The van der Waals surface area contributed by atoms with Crippen molar-refractivity contribution in [3.05, 3.63) is 53.1 Å². The standard InChI is InChI=1S/C17H16ClN3O2/c1-23-16-7-6-14(10-15(16)18)20-11-17(22)21-13-4-2-12(3-5-13)8-9-19/h2-7,10,20H,8,11H2,1H3,(H,21,22). The third-order valence-corrected chi connectivity index (χ3v) is 3.42. The van der Waals surface area contributed by atoms with Crippen LogP contribution in [0.4, 0.5) is 11.4 Å². The Morgan fingerprint density at radius 3 is 2.52 bits per heavy atom. The van der Waals surface area contributed by atoms with E-state index in [2.05, 4.69) is 16.7 Å². The normalized spacial score (nSPS) is 9.78. The molecule has 6 heteroatoms. The third kappa shape index (κ3) is 4.90. The highest BCUT2D eigenvalue weighted by Gasteiger charge is 2.05. The van der Waals surface area contributed by atoms with Crippen LogP contribution in [0.1, 0.15) is 5.56 Å². The van der Waals surface area contributed by atoms with Crippen LogP contribution in [0.3, 0.4) is 0 Å². The molecule has 0 saturated carbocycles. The summed E-state index contributed by atoms with van der Waals surface area (Å²) in [4.78, 5) is 11.9. The fraction of sp³-hybridized carbons (Fsp3) is 0.176. The topological polar surface area (TPSA) is 74.2 Å². The van der Waals surface area contributed by atoms with E-state index in [-0.39, 0.29) is 12.5 Å². The predicted octanol–water partition coefficient (Wildman–Crippen LogP) is 3.47. The van der Waals surface area contributed by atoms with E-state index in [9.17, 15) is 4.79 Å². The number of anilines is 2. The molecule has 1 amide bonds. The van der Waals surface area contributed by atoms with Gasteiger partial charge in [-0.25, -0.2) is 0 Å². The Balaban J connectivity index is 1.87. The van der Waals surface area contributed by atoms with Gasteiger partial charge in [-0.3, -0.25) is 4.79 Å². The molecule has 118 valence electrons. The Hall–Kier alpha value is -2.71. The van der Waals surface area contributed by atoms with Crippen LogP contribution >= 0.6 is 11.6 Å². The lowest BCUT2D eigenvalue weighted by Crippen LogP contribution is -2.21. The number of hydrogen-bond acceptors (Lipinski definition) is 4. The zero-order valence-electron chi connectivity index (χ0n) is 12.6. The number of methoxy groups -OCH3 is 1.